The van der Waals surface area contributed by atoms with Crippen LogP contribution in [0, 0.1) is 0 Å². The molecule has 2 N–H and O–H groups in total. The van der Waals surface area contributed by atoms with Crippen LogP contribution in [0.1, 0.15) is 6.42 Å². The van der Waals surface area contributed by atoms with Crippen LogP contribution in [-0.4, -0.2) is 68.1 Å². The van der Waals surface area contributed by atoms with Crippen LogP contribution in [0.2, 0.25) is 0 Å². The summed E-state index contributed by atoms with van der Waals surface area (Å²) in [5, 5.41) is 5.27. The molecule has 25 heavy (non-hydrogen) atoms. The molecule has 1 saturated heterocycles. The zero-order chi connectivity index (χ0) is 18.1. The number of urea groups is 1. The Hall–Kier alpha value is -2.07. The number of ether oxygens (including phenoxy) is 2. The van der Waals surface area contributed by atoms with Crippen molar-refractivity contribution in [1.82, 2.24) is 15.2 Å². The molecule has 2 heterocycles. The maximum absolute atomic E-state index is 12.0. The second kappa shape index (κ2) is 9.42. The maximum atomic E-state index is 12.0. The molecule has 1 aromatic heterocycles. The van der Waals surface area contributed by atoms with E-state index in [-0.39, 0.29) is 5.88 Å². The van der Waals surface area contributed by atoms with Crippen molar-refractivity contribution < 1.29 is 27.4 Å². The highest BCUT2D eigenvalue weighted by atomic mass is 19.4. The van der Waals surface area contributed by atoms with Gasteiger partial charge in [-0.1, -0.05) is 0 Å². The Kier molecular flexibility index (Phi) is 7.26. The molecular formula is C15H21F3N4O3. The number of aromatic nitrogens is 1. The van der Waals surface area contributed by atoms with Gasteiger partial charge in [0, 0.05) is 25.7 Å². The number of hydrogen-bond acceptors (Lipinski definition) is 5. The second-order valence-electron chi connectivity index (χ2n) is 5.48. The molecule has 0 atom stereocenters. The van der Waals surface area contributed by atoms with Crippen LogP contribution in [-0.2, 0) is 4.74 Å². The lowest BCUT2D eigenvalue weighted by Crippen LogP contribution is -2.38. The molecule has 0 aliphatic carbocycles. The van der Waals surface area contributed by atoms with Gasteiger partial charge in [0.05, 0.1) is 25.1 Å². The highest BCUT2D eigenvalue weighted by Crippen LogP contribution is 2.17. The first-order valence-corrected chi connectivity index (χ1v) is 7.93. The number of morpholine rings is 1. The van der Waals surface area contributed by atoms with Crippen LogP contribution in [0.3, 0.4) is 0 Å². The Bertz CT molecular complexity index is 534. The first kappa shape index (κ1) is 19.3. The van der Waals surface area contributed by atoms with E-state index in [0.29, 0.717) is 12.2 Å². The van der Waals surface area contributed by atoms with E-state index in [2.05, 4.69) is 25.3 Å². The number of anilines is 1. The summed E-state index contributed by atoms with van der Waals surface area (Å²) < 4.78 is 45.8. The SMILES string of the molecule is O=C(NCCCN1CCOCC1)Nc1ccc(OCC(F)(F)F)nc1. The van der Waals surface area contributed by atoms with Gasteiger partial charge in [-0.3, -0.25) is 4.90 Å². The Morgan fingerprint density at radius 3 is 2.72 bits per heavy atom. The summed E-state index contributed by atoms with van der Waals surface area (Å²) in [6.07, 6.45) is -2.37. The normalized spacial score (nSPS) is 15.6. The lowest BCUT2D eigenvalue weighted by Gasteiger charge is -2.26. The number of carbonyl (C=O) groups is 1. The molecule has 1 aliphatic rings. The predicted octanol–water partition coefficient (Wildman–Crippen LogP) is 1.87. The Morgan fingerprint density at radius 1 is 1.32 bits per heavy atom. The van der Waals surface area contributed by atoms with E-state index < -0.39 is 18.8 Å². The van der Waals surface area contributed by atoms with Crippen molar-refractivity contribution in [2.45, 2.75) is 12.6 Å². The van der Waals surface area contributed by atoms with E-state index in [1.165, 1.54) is 18.3 Å². The Balaban J connectivity index is 1.62. The molecule has 2 amide bonds. The number of amides is 2. The van der Waals surface area contributed by atoms with Crippen LogP contribution >= 0.6 is 0 Å². The summed E-state index contributed by atoms with van der Waals surface area (Å²) in [7, 11) is 0. The highest BCUT2D eigenvalue weighted by Gasteiger charge is 2.28. The van der Waals surface area contributed by atoms with Crippen LogP contribution < -0.4 is 15.4 Å². The van der Waals surface area contributed by atoms with E-state index in [0.717, 1.165) is 39.3 Å². The van der Waals surface area contributed by atoms with E-state index in [9.17, 15) is 18.0 Å². The summed E-state index contributed by atoms with van der Waals surface area (Å²) in [5.74, 6) is -0.159. The van der Waals surface area contributed by atoms with E-state index >= 15 is 0 Å². The summed E-state index contributed by atoms with van der Waals surface area (Å²) in [5.41, 5.74) is 0.366. The average Bonchev–Trinajstić information content (AvgIpc) is 2.58. The quantitative estimate of drug-likeness (QED) is 0.725. The number of nitrogens with zero attached hydrogens (tertiary/aromatic N) is 2. The van der Waals surface area contributed by atoms with Gasteiger partial charge in [0.1, 0.15) is 0 Å². The first-order chi connectivity index (χ1) is 11.9. The van der Waals surface area contributed by atoms with E-state index in [1.807, 2.05) is 0 Å². The number of hydrogen-bond donors (Lipinski definition) is 2. The Labute approximate surface area is 143 Å². The van der Waals surface area contributed by atoms with Gasteiger partial charge in [-0.25, -0.2) is 9.78 Å². The zero-order valence-corrected chi connectivity index (χ0v) is 13.6. The molecule has 0 radical (unpaired) electrons. The van der Waals surface area contributed by atoms with Crippen molar-refractivity contribution in [3.05, 3.63) is 18.3 Å². The zero-order valence-electron chi connectivity index (χ0n) is 13.6. The number of carbonyl (C=O) groups excluding carboxylic acids is 1. The Morgan fingerprint density at radius 2 is 2.08 bits per heavy atom. The van der Waals surface area contributed by atoms with Crippen LogP contribution in [0.5, 0.6) is 5.88 Å². The van der Waals surface area contributed by atoms with Gasteiger partial charge < -0.3 is 20.1 Å². The molecule has 140 valence electrons. The number of alkyl halides is 3. The molecule has 10 heteroatoms. The minimum absolute atomic E-state index is 0.159. The fourth-order valence-corrected chi connectivity index (χ4v) is 2.20. The van der Waals surface area contributed by atoms with Crippen molar-refractivity contribution in [1.29, 1.82) is 0 Å². The lowest BCUT2D eigenvalue weighted by molar-refractivity contribution is -0.154. The number of pyridine rings is 1. The number of nitrogens with one attached hydrogen (secondary N) is 2. The van der Waals surface area contributed by atoms with Gasteiger partial charge in [0.15, 0.2) is 6.61 Å². The molecule has 1 aliphatic heterocycles. The van der Waals surface area contributed by atoms with E-state index in [4.69, 9.17) is 4.74 Å². The van der Waals surface area contributed by atoms with Crippen molar-refractivity contribution >= 4 is 11.7 Å². The predicted molar refractivity (Wildman–Crippen MR) is 84.7 cm³/mol. The molecule has 0 saturated carbocycles. The minimum atomic E-state index is -4.42. The van der Waals surface area contributed by atoms with Crippen molar-refractivity contribution in [3.63, 3.8) is 0 Å². The molecule has 0 unspecified atom stereocenters. The largest absolute Gasteiger partial charge is 0.468 e. The third-order valence-corrected chi connectivity index (χ3v) is 3.42. The van der Waals surface area contributed by atoms with Gasteiger partial charge in [0.25, 0.3) is 0 Å². The van der Waals surface area contributed by atoms with Crippen LogP contribution in [0.15, 0.2) is 18.3 Å². The molecular weight excluding hydrogens is 341 g/mol. The maximum Gasteiger partial charge on any atom is 0.422 e. The highest BCUT2D eigenvalue weighted by molar-refractivity contribution is 5.88. The molecule has 2 rings (SSSR count). The molecule has 0 aromatic carbocycles. The van der Waals surface area contributed by atoms with Gasteiger partial charge in [-0.05, 0) is 19.0 Å². The second-order valence-corrected chi connectivity index (χ2v) is 5.48. The van der Waals surface area contributed by atoms with Gasteiger partial charge in [0.2, 0.25) is 5.88 Å². The third kappa shape index (κ3) is 8.03. The monoisotopic (exact) mass is 362 g/mol. The third-order valence-electron chi connectivity index (χ3n) is 3.42. The fraction of sp³-hybridized carbons (Fsp3) is 0.600. The molecule has 1 fully saturated rings. The summed E-state index contributed by atoms with van der Waals surface area (Å²) >= 11 is 0. The molecule has 0 bridgehead atoms. The number of rotatable bonds is 7. The smallest absolute Gasteiger partial charge is 0.422 e. The standard InChI is InChI=1S/C15H21F3N4O3/c16-15(17,18)11-25-13-3-2-12(10-20-13)21-14(23)19-4-1-5-22-6-8-24-9-7-22/h2-3,10H,1,4-9,11H2,(H2,19,21,23). The van der Waals surface area contributed by atoms with Gasteiger partial charge >= 0.3 is 12.2 Å². The minimum Gasteiger partial charge on any atom is -0.468 e. The average molecular weight is 362 g/mol. The fourth-order valence-electron chi connectivity index (χ4n) is 2.20. The number of halogens is 3. The summed E-state index contributed by atoms with van der Waals surface area (Å²) in [6, 6.07) is 2.29. The summed E-state index contributed by atoms with van der Waals surface area (Å²) in [4.78, 5) is 17.7. The van der Waals surface area contributed by atoms with E-state index in [1.54, 1.807) is 0 Å². The van der Waals surface area contributed by atoms with Gasteiger partial charge in [-0.2, -0.15) is 13.2 Å². The van der Waals surface area contributed by atoms with Crippen LogP contribution in [0.4, 0.5) is 23.7 Å². The lowest BCUT2D eigenvalue weighted by atomic mass is 10.3. The molecule has 7 nitrogen and oxygen atoms in total. The van der Waals surface area contributed by atoms with Crippen molar-refractivity contribution in [3.8, 4) is 5.88 Å². The molecule has 1 aromatic rings. The van der Waals surface area contributed by atoms with Crippen molar-refractivity contribution in [2.24, 2.45) is 0 Å². The summed E-state index contributed by atoms with van der Waals surface area (Å²) in [6.45, 7) is 3.28. The van der Waals surface area contributed by atoms with Crippen molar-refractivity contribution in [2.75, 3.05) is 51.3 Å². The van der Waals surface area contributed by atoms with Crippen LogP contribution in [0.25, 0.3) is 0 Å². The first-order valence-electron chi connectivity index (χ1n) is 7.93. The van der Waals surface area contributed by atoms with Gasteiger partial charge in [-0.15, -0.1) is 0 Å². The topological polar surface area (TPSA) is 75.7 Å². The molecule has 0 spiro atoms.